The van der Waals surface area contributed by atoms with Crippen molar-refractivity contribution in [3.05, 3.63) is 90.0 Å². The SMILES string of the molecule is CCC(C)(C)Oc1ccc(CCCCNC(=O)C(Sc2ccccc2)c2ccccc2)c(OC(C)(C)CC)c1. The standard InChI is InChI=1S/C34H45NO3S/c1-7-33(3,4)37-28-23-22-26(30(25-28)38-34(5,6)8-2)17-15-16-24-35-32(36)31(27-18-11-9-12-19-27)39-29-20-13-10-14-21-29/h9-14,18-23,25,31H,7-8,15-17,24H2,1-6H3,(H,35,36). The van der Waals surface area contributed by atoms with E-state index < -0.39 is 0 Å². The summed E-state index contributed by atoms with van der Waals surface area (Å²) in [5, 5.41) is 2.89. The van der Waals surface area contributed by atoms with Gasteiger partial charge in [0, 0.05) is 17.5 Å². The fourth-order valence-electron chi connectivity index (χ4n) is 3.94. The van der Waals surface area contributed by atoms with Gasteiger partial charge >= 0.3 is 0 Å². The number of rotatable bonds is 15. The molecule has 3 aromatic carbocycles. The number of carbonyl (C=O) groups excluding carboxylic acids is 1. The highest BCUT2D eigenvalue weighted by molar-refractivity contribution is 8.00. The molecule has 1 atom stereocenters. The third-order valence-corrected chi connectivity index (χ3v) is 8.30. The molecule has 5 heteroatoms. The van der Waals surface area contributed by atoms with E-state index in [9.17, 15) is 4.79 Å². The van der Waals surface area contributed by atoms with Crippen LogP contribution in [0.1, 0.15) is 83.6 Å². The van der Waals surface area contributed by atoms with Gasteiger partial charge in [-0.1, -0.05) is 68.4 Å². The number of carbonyl (C=O) groups is 1. The monoisotopic (exact) mass is 547 g/mol. The van der Waals surface area contributed by atoms with Crippen LogP contribution in [-0.4, -0.2) is 23.7 Å². The minimum atomic E-state index is -0.287. The Balaban J connectivity index is 1.60. The van der Waals surface area contributed by atoms with Gasteiger partial charge in [-0.2, -0.15) is 0 Å². The zero-order valence-electron chi connectivity index (χ0n) is 24.5. The van der Waals surface area contributed by atoms with Gasteiger partial charge < -0.3 is 14.8 Å². The molecule has 39 heavy (non-hydrogen) atoms. The van der Waals surface area contributed by atoms with E-state index in [1.54, 1.807) is 11.8 Å². The molecule has 0 bridgehead atoms. The van der Waals surface area contributed by atoms with Crippen LogP contribution in [0.15, 0.2) is 83.8 Å². The van der Waals surface area contributed by atoms with Crippen molar-refractivity contribution in [3.8, 4) is 11.5 Å². The number of hydrogen-bond acceptors (Lipinski definition) is 4. The number of ether oxygens (including phenoxy) is 2. The van der Waals surface area contributed by atoms with E-state index in [4.69, 9.17) is 9.47 Å². The quantitative estimate of drug-likeness (QED) is 0.153. The summed E-state index contributed by atoms with van der Waals surface area (Å²) in [4.78, 5) is 14.3. The molecule has 0 aliphatic heterocycles. The van der Waals surface area contributed by atoms with E-state index in [2.05, 4.69) is 52.9 Å². The topological polar surface area (TPSA) is 47.6 Å². The van der Waals surface area contributed by atoms with Gasteiger partial charge in [0.15, 0.2) is 0 Å². The lowest BCUT2D eigenvalue weighted by Gasteiger charge is -2.29. The highest BCUT2D eigenvalue weighted by Gasteiger charge is 2.23. The fraction of sp³-hybridized carbons (Fsp3) is 0.441. The predicted molar refractivity (Wildman–Crippen MR) is 164 cm³/mol. The van der Waals surface area contributed by atoms with Crippen molar-refractivity contribution in [1.29, 1.82) is 0 Å². The van der Waals surface area contributed by atoms with Crippen molar-refractivity contribution in [2.24, 2.45) is 0 Å². The van der Waals surface area contributed by atoms with Gasteiger partial charge in [0.05, 0.1) is 0 Å². The third-order valence-electron chi connectivity index (χ3n) is 7.03. The molecule has 0 heterocycles. The molecular formula is C34H45NO3S. The minimum absolute atomic E-state index is 0.0452. The van der Waals surface area contributed by atoms with E-state index in [0.29, 0.717) is 6.54 Å². The molecule has 1 unspecified atom stereocenters. The number of aryl methyl sites for hydroxylation is 1. The Labute approximate surface area is 239 Å². The van der Waals surface area contributed by atoms with Gasteiger partial charge in [0.2, 0.25) is 5.91 Å². The van der Waals surface area contributed by atoms with Gasteiger partial charge in [-0.05, 0) is 89.1 Å². The number of unbranched alkanes of at least 4 members (excludes halogenated alkanes) is 1. The number of amides is 1. The highest BCUT2D eigenvalue weighted by Crippen LogP contribution is 2.35. The lowest BCUT2D eigenvalue weighted by molar-refractivity contribution is -0.120. The van der Waals surface area contributed by atoms with Crippen LogP contribution in [0.2, 0.25) is 0 Å². The first-order valence-corrected chi connectivity index (χ1v) is 15.1. The van der Waals surface area contributed by atoms with Crippen molar-refractivity contribution >= 4 is 17.7 Å². The van der Waals surface area contributed by atoms with Crippen molar-refractivity contribution in [2.45, 2.75) is 95.0 Å². The Hall–Kier alpha value is -2.92. The molecule has 0 aliphatic rings. The number of hydrogen-bond donors (Lipinski definition) is 1. The Morgan fingerprint density at radius 2 is 1.44 bits per heavy atom. The second kappa shape index (κ2) is 14.5. The van der Waals surface area contributed by atoms with Crippen LogP contribution in [0.25, 0.3) is 0 Å². The van der Waals surface area contributed by atoms with E-state index in [0.717, 1.165) is 54.1 Å². The molecule has 3 rings (SSSR count). The molecule has 1 amide bonds. The van der Waals surface area contributed by atoms with Crippen molar-refractivity contribution in [3.63, 3.8) is 0 Å². The Morgan fingerprint density at radius 1 is 0.821 bits per heavy atom. The summed E-state index contributed by atoms with van der Waals surface area (Å²) in [6.45, 7) is 13.4. The van der Waals surface area contributed by atoms with E-state index in [-0.39, 0.29) is 22.4 Å². The molecule has 4 nitrogen and oxygen atoms in total. The van der Waals surface area contributed by atoms with Crippen molar-refractivity contribution in [2.75, 3.05) is 6.54 Å². The second-order valence-electron chi connectivity index (χ2n) is 11.2. The molecule has 0 fully saturated rings. The van der Waals surface area contributed by atoms with Crippen LogP contribution in [0, 0.1) is 0 Å². The summed E-state index contributed by atoms with van der Waals surface area (Å²) in [6, 6.07) is 26.3. The average molecular weight is 548 g/mol. The molecule has 0 aliphatic carbocycles. The first kappa shape index (κ1) is 30.6. The van der Waals surface area contributed by atoms with E-state index in [1.165, 1.54) is 5.56 Å². The van der Waals surface area contributed by atoms with Gasteiger partial charge in [-0.25, -0.2) is 0 Å². The van der Waals surface area contributed by atoms with Crippen LogP contribution in [0.3, 0.4) is 0 Å². The molecule has 0 saturated carbocycles. The summed E-state index contributed by atoms with van der Waals surface area (Å²) in [5.41, 5.74) is 1.70. The fourth-order valence-corrected chi connectivity index (χ4v) is 5.01. The summed E-state index contributed by atoms with van der Waals surface area (Å²) in [7, 11) is 0. The summed E-state index contributed by atoms with van der Waals surface area (Å²) in [6.07, 6.45) is 4.55. The predicted octanol–water partition coefficient (Wildman–Crippen LogP) is 8.79. The molecule has 1 N–H and O–H groups in total. The van der Waals surface area contributed by atoms with Gasteiger partial charge in [0.25, 0.3) is 0 Å². The number of nitrogens with one attached hydrogen (secondary N) is 1. The zero-order chi connectivity index (χ0) is 28.3. The van der Waals surface area contributed by atoms with Crippen LogP contribution < -0.4 is 14.8 Å². The van der Waals surface area contributed by atoms with Crippen LogP contribution in [0.5, 0.6) is 11.5 Å². The maximum absolute atomic E-state index is 13.2. The maximum Gasteiger partial charge on any atom is 0.237 e. The van der Waals surface area contributed by atoms with Crippen LogP contribution in [0.4, 0.5) is 0 Å². The molecule has 0 saturated heterocycles. The lowest BCUT2D eigenvalue weighted by Crippen LogP contribution is -2.29. The number of thioether (sulfide) groups is 1. The molecule has 0 aromatic heterocycles. The highest BCUT2D eigenvalue weighted by atomic mass is 32.2. The second-order valence-corrected chi connectivity index (χ2v) is 12.3. The van der Waals surface area contributed by atoms with Gasteiger partial charge in [0.1, 0.15) is 28.0 Å². The third kappa shape index (κ3) is 9.96. The molecule has 210 valence electrons. The van der Waals surface area contributed by atoms with Crippen molar-refractivity contribution in [1.82, 2.24) is 5.32 Å². The van der Waals surface area contributed by atoms with Gasteiger partial charge in [-0.3, -0.25) is 4.79 Å². The summed E-state index contributed by atoms with van der Waals surface area (Å²) < 4.78 is 12.7. The average Bonchev–Trinajstić information content (AvgIpc) is 2.93. The first-order valence-electron chi connectivity index (χ1n) is 14.2. The molecule has 0 radical (unpaired) electrons. The van der Waals surface area contributed by atoms with Crippen molar-refractivity contribution < 1.29 is 14.3 Å². The largest absolute Gasteiger partial charge is 0.488 e. The van der Waals surface area contributed by atoms with E-state index in [1.807, 2.05) is 72.8 Å². The summed E-state index contributed by atoms with van der Waals surface area (Å²) >= 11 is 1.59. The van der Waals surface area contributed by atoms with Crippen LogP contribution >= 0.6 is 11.8 Å². The minimum Gasteiger partial charge on any atom is -0.488 e. The van der Waals surface area contributed by atoms with Gasteiger partial charge in [-0.15, -0.1) is 11.8 Å². The Morgan fingerprint density at radius 3 is 2.08 bits per heavy atom. The Bertz CT molecular complexity index is 1160. The Kier molecular flexibility index (Phi) is 11.4. The first-order chi connectivity index (χ1) is 18.6. The molecule has 3 aromatic rings. The molecule has 0 spiro atoms. The zero-order valence-corrected chi connectivity index (χ0v) is 25.3. The lowest BCUT2D eigenvalue weighted by atomic mass is 10.0. The maximum atomic E-state index is 13.2. The summed E-state index contributed by atoms with van der Waals surface area (Å²) in [5.74, 6) is 1.77. The van der Waals surface area contributed by atoms with E-state index >= 15 is 0 Å². The number of benzene rings is 3. The molecular weight excluding hydrogens is 502 g/mol. The normalized spacial score (nSPS) is 12.6. The van der Waals surface area contributed by atoms with Crippen LogP contribution in [-0.2, 0) is 11.2 Å². The smallest absolute Gasteiger partial charge is 0.237 e.